The minimum atomic E-state index is 0.211. The molecular weight excluding hydrogens is 218 g/mol. The zero-order chi connectivity index (χ0) is 11.7. The zero-order valence-corrected chi connectivity index (χ0v) is 9.76. The number of rotatable bonds is 5. The second-order valence-electron chi connectivity index (χ2n) is 4.58. The Morgan fingerprint density at radius 2 is 2.18 bits per heavy atom. The van der Waals surface area contributed by atoms with E-state index in [0.717, 1.165) is 30.2 Å². The van der Waals surface area contributed by atoms with Gasteiger partial charge in [0.25, 0.3) is 0 Å². The quantitative estimate of drug-likeness (QED) is 0.837. The largest absolute Gasteiger partial charge is 0.454 e. The van der Waals surface area contributed by atoms with E-state index in [2.05, 4.69) is 11.0 Å². The number of para-hydroxylation sites is 1. The van der Waals surface area contributed by atoms with E-state index in [1.54, 1.807) is 0 Å². The summed E-state index contributed by atoms with van der Waals surface area (Å²) in [6, 6.07) is 6.63. The molecule has 3 rings (SSSR count). The Hall–Kier alpha value is -1.26. The summed E-state index contributed by atoms with van der Waals surface area (Å²) in [7, 11) is 0. The van der Waals surface area contributed by atoms with Crippen LogP contribution in [0.5, 0.6) is 11.5 Å². The Bertz CT molecular complexity index is 404. The van der Waals surface area contributed by atoms with Gasteiger partial charge in [-0.15, -0.1) is 0 Å². The van der Waals surface area contributed by atoms with Crippen molar-refractivity contribution in [2.75, 3.05) is 19.9 Å². The third-order valence-electron chi connectivity index (χ3n) is 3.30. The molecule has 1 N–H and O–H groups in total. The van der Waals surface area contributed by atoms with E-state index in [1.165, 1.54) is 12.8 Å². The number of fused-ring (bicyclic) bond motifs is 1. The molecular formula is C13H17NO3. The topological polar surface area (TPSA) is 41.9 Å². The summed E-state index contributed by atoms with van der Waals surface area (Å²) in [5.74, 6) is 1.71. The van der Waals surface area contributed by atoms with E-state index in [1.807, 2.05) is 12.1 Å². The van der Waals surface area contributed by atoms with Gasteiger partial charge in [-0.25, -0.2) is 0 Å². The van der Waals surface area contributed by atoms with E-state index >= 15 is 0 Å². The summed E-state index contributed by atoms with van der Waals surface area (Å²) in [4.78, 5) is 2.32. The summed E-state index contributed by atoms with van der Waals surface area (Å²) in [6.45, 7) is 2.09. The van der Waals surface area contributed by atoms with Crippen molar-refractivity contribution >= 4 is 0 Å². The number of ether oxygens (including phenoxy) is 2. The van der Waals surface area contributed by atoms with E-state index in [4.69, 9.17) is 14.6 Å². The number of aliphatic hydroxyl groups excluding tert-OH is 1. The van der Waals surface area contributed by atoms with Crippen LogP contribution in [0.25, 0.3) is 0 Å². The normalized spacial score (nSPS) is 17.8. The Morgan fingerprint density at radius 1 is 1.29 bits per heavy atom. The van der Waals surface area contributed by atoms with Crippen LogP contribution in [0, 0.1) is 0 Å². The molecule has 0 atom stereocenters. The maximum Gasteiger partial charge on any atom is 0.231 e. The Balaban J connectivity index is 1.77. The lowest BCUT2D eigenvalue weighted by Crippen LogP contribution is -2.28. The van der Waals surface area contributed by atoms with Crippen molar-refractivity contribution in [2.45, 2.75) is 25.4 Å². The summed E-state index contributed by atoms with van der Waals surface area (Å²) in [5.41, 5.74) is 1.15. The maximum absolute atomic E-state index is 9.09. The van der Waals surface area contributed by atoms with Gasteiger partial charge in [-0.3, -0.25) is 4.90 Å². The fourth-order valence-electron chi connectivity index (χ4n) is 2.29. The van der Waals surface area contributed by atoms with Gasteiger partial charge in [0, 0.05) is 24.7 Å². The molecule has 1 fully saturated rings. The maximum atomic E-state index is 9.09. The molecule has 0 radical (unpaired) electrons. The zero-order valence-electron chi connectivity index (χ0n) is 9.76. The first-order chi connectivity index (χ1) is 8.38. The monoisotopic (exact) mass is 235 g/mol. The molecule has 4 nitrogen and oxygen atoms in total. The summed E-state index contributed by atoms with van der Waals surface area (Å²) in [6.07, 6.45) is 2.48. The van der Waals surface area contributed by atoms with Gasteiger partial charge < -0.3 is 14.6 Å². The lowest BCUT2D eigenvalue weighted by atomic mass is 10.1. The highest BCUT2D eigenvalue weighted by Gasteiger charge is 2.29. The van der Waals surface area contributed by atoms with Crippen molar-refractivity contribution in [1.29, 1.82) is 0 Å². The van der Waals surface area contributed by atoms with Gasteiger partial charge >= 0.3 is 0 Å². The molecule has 1 aliphatic heterocycles. The first kappa shape index (κ1) is 10.9. The minimum absolute atomic E-state index is 0.211. The average molecular weight is 235 g/mol. The smallest absolute Gasteiger partial charge is 0.231 e. The molecule has 0 unspecified atom stereocenters. The van der Waals surface area contributed by atoms with Crippen molar-refractivity contribution in [2.24, 2.45) is 0 Å². The predicted octanol–water partition coefficient (Wildman–Crippen LogP) is 1.37. The van der Waals surface area contributed by atoms with E-state index in [-0.39, 0.29) is 6.61 Å². The lowest BCUT2D eigenvalue weighted by Gasteiger charge is -2.21. The third-order valence-corrected chi connectivity index (χ3v) is 3.30. The number of nitrogens with zero attached hydrogens (tertiary/aromatic N) is 1. The van der Waals surface area contributed by atoms with E-state index in [9.17, 15) is 0 Å². The predicted molar refractivity (Wildman–Crippen MR) is 63.1 cm³/mol. The molecule has 0 amide bonds. The van der Waals surface area contributed by atoms with Gasteiger partial charge in [0.1, 0.15) is 0 Å². The van der Waals surface area contributed by atoms with Crippen molar-refractivity contribution in [3.63, 3.8) is 0 Å². The number of benzene rings is 1. The molecule has 0 spiro atoms. The van der Waals surface area contributed by atoms with Gasteiger partial charge in [-0.2, -0.15) is 0 Å². The van der Waals surface area contributed by atoms with Crippen molar-refractivity contribution < 1.29 is 14.6 Å². The highest BCUT2D eigenvalue weighted by Crippen LogP contribution is 2.37. The van der Waals surface area contributed by atoms with Crippen LogP contribution >= 0.6 is 0 Å². The van der Waals surface area contributed by atoms with Gasteiger partial charge in [-0.1, -0.05) is 12.1 Å². The standard InChI is InChI=1S/C13H17NO3/c15-7-6-14(11-4-5-11)8-10-2-1-3-12-13(10)17-9-16-12/h1-3,11,15H,4-9H2. The first-order valence-corrected chi connectivity index (χ1v) is 6.11. The highest BCUT2D eigenvalue weighted by molar-refractivity contribution is 5.48. The molecule has 2 aliphatic rings. The third kappa shape index (κ3) is 2.23. The molecule has 4 heteroatoms. The number of hydrogen-bond donors (Lipinski definition) is 1. The fraction of sp³-hybridized carbons (Fsp3) is 0.538. The summed E-state index contributed by atoms with van der Waals surface area (Å²) in [5, 5.41) is 9.09. The fourth-order valence-corrected chi connectivity index (χ4v) is 2.29. The molecule has 1 heterocycles. The van der Waals surface area contributed by atoms with Crippen LogP contribution in [0.1, 0.15) is 18.4 Å². The van der Waals surface area contributed by atoms with Gasteiger partial charge in [0.15, 0.2) is 11.5 Å². The lowest BCUT2D eigenvalue weighted by molar-refractivity contribution is 0.167. The van der Waals surface area contributed by atoms with E-state index < -0.39 is 0 Å². The van der Waals surface area contributed by atoms with Crippen molar-refractivity contribution in [3.8, 4) is 11.5 Å². The van der Waals surface area contributed by atoms with Crippen LogP contribution in [-0.4, -0.2) is 36.0 Å². The van der Waals surface area contributed by atoms with E-state index in [0.29, 0.717) is 12.8 Å². The highest BCUT2D eigenvalue weighted by atomic mass is 16.7. The summed E-state index contributed by atoms with van der Waals surface area (Å²) < 4.78 is 10.9. The van der Waals surface area contributed by atoms with Crippen LogP contribution in [-0.2, 0) is 6.54 Å². The van der Waals surface area contributed by atoms with Crippen molar-refractivity contribution in [1.82, 2.24) is 4.90 Å². The van der Waals surface area contributed by atoms with Crippen LogP contribution in [0.15, 0.2) is 18.2 Å². The van der Waals surface area contributed by atoms with Crippen LogP contribution < -0.4 is 9.47 Å². The number of aliphatic hydroxyl groups is 1. The number of hydrogen-bond acceptors (Lipinski definition) is 4. The van der Waals surface area contributed by atoms with Gasteiger partial charge in [0.05, 0.1) is 6.61 Å². The molecule has 92 valence electrons. The Morgan fingerprint density at radius 3 is 2.94 bits per heavy atom. The SMILES string of the molecule is OCCN(Cc1cccc2c1OCO2)C1CC1. The molecule has 1 saturated carbocycles. The first-order valence-electron chi connectivity index (χ1n) is 6.11. The van der Waals surface area contributed by atoms with Crippen LogP contribution in [0.4, 0.5) is 0 Å². The van der Waals surface area contributed by atoms with Gasteiger partial charge in [-0.05, 0) is 18.9 Å². The molecule has 0 aromatic heterocycles. The second-order valence-corrected chi connectivity index (χ2v) is 4.58. The molecule has 0 saturated heterocycles. The molecule has 0 bridgehead atoms. The van der Waals surface area contributed by atoms with Crippen molar-refractivity contribution in [3.05, 3.63) is 23.8 Å². The Kier molecular flexibility index (Phi) is 2.91. The second kappa shape index (κ2) is 4.55. The average Bonchev–Trinajstić information content (AvgIpc) is 3.07. The minimum Gasteiger partial charge on any atom is -0.454 e. The Labute approximate surface area is 101 Å². The van der Waals surface area contributed by atoms with Gasteiger partial charge in [0.2, 0.25) is 6.79 Å². The molecule has 17 heavy (non-hydrogen) atoms. The molecule has 1 aromatic carbocycles. The van der Waals surface area contributed by atoms with Crippen LogP contribution in [0.2, 0.25) is 0 Å². The summed E-state index contributed by atoms with van der Waals surface area (Å²) >= 11 is 0. The molecule has 1 aliphatic carbocycles. The van der Waals surface area contributed by atoms with Crippen LogP contribution in [0.3, 0.4) is 0 Å². The molecule has 1 aromatic rings.